The van der Waals surface area contributed by atoms with Crippen molar-refractivity contribution in [2.75, 3.05) is 0 Å². The summed E-state index contributed by atoms with van der Waals surface area (Å²) in [6.07, 6.45) is 3.40. The van der Waals surface area contributed by atoms with E-state index in [0.29, 0.717) is 0 Å². The summed E-state index contributed by atoms with van der Waals surface area (Å²) in [5, 5.41) is 0.752. The Morgan fingerprint density at radius 2 is 1.83 bits per heavy atom. The van der Waals surface area contributed by atoms with Gasteiger partial charge in [0.15, 0.2) is 0 Å². The van der Waals surface area contributed by atoms with Crippen LogP contribution in [0.3, 0.4) is 0 Å². The number of benzene rings is 1. The van der Waals surface area contributed by atoms with Gasteiger partial charge in [-0.1, -0.05) is 23.7 Å². The molecule has 0 saturated heterocycles. The molecule has 1 unspecified atom stereocenters. The molecule has 2 N–H and O–H groups in total. The van der Waals surface area contributed by atoms with Crippen LogP contribution in [0, 0.1) is 0 Å². The van der Waals surface area contributed by atoms with Gasteiger partial charge in [0, 0.05) is 33.8 Å². The Kier molecular flexibility index (Phi) is 4.75. The SMILES string of the molecule is NC(Cc1ccc(Cl)cc1)Cc1ccc(Br)cn1. The average Bonchev–Trinajstić information content (AvgIpc) is 2.35. The fourth-order valence-electron chi connectivity index (χ4n) is 1.79. The first kappa shape index (κ1) is 13.5. The van der Waals surface area contributed by atoms with Gasteiger partial charge in [-0.2, -0.15) is 0 Å². The number of nitrogens with zero attached hydrogens (tertiary/aromatic N) is 1. The second-order valence-corrected chi connectivity index (χ2v) is 5.61. The van der Waals surface area contributed by atoms with Crippen molar-refractivity contribution in [2.45, 2.75) is 18.9 Å². The molecule has 2 aromatic rings. The van der Waals surface area contributed by atoms with Gasteiger partial charge in [-0.15, -0.1) is 0 Å². The van der Waals surface area contributed by atoms with Crippen LogP contribution in [0.1, 0.15) is 11.3 Å². The van der Waals surface area contributed by atoms with Crippen molar-refractivity contribution in [3.05, 3.63) is 63.3 Å². The van der Waals surface area contributed by atoms with Gasteiger partial charge in [-0.05, 0) is 52.2 Å². The van der Waals surface area contributed by atoms with Crippen LogP contribution in [0.15, 0.2) is 47.1 Å². The van der Waals surface area contributed by atoms with E-state index in [-0.39, 0.29) is 6.04 Å². The van der Waals surface area contributed by atoms with E-state index in [1.165, 1.54) is 5.56 Å². The highest BCUT2D eigenvalue weighted by molar-refractivity contribution is 9.10. The number of halogens is 2. The lowest BCUT2D eigenvalue weighted by Gasteiger charge is -2.11. The molecule has 1 heterocycles. The molecule has 0 aliphatic carbocycles. The van der Waals surface area contributed by atoms with E-state index in [0.717, 1.165) is 28.0 Å². The quantitative estimate of drug-likeness (QED) is 0.932. The van der Waals surface area contributed by atoms with Crippen LogP contribution in [0.5, 0.6) is 0 Å². The first-order valence-electron chi connectivity index (χ1n) is 5.74. The number of rotatable bonds is 4. The molecule has 2 rings (SSSR count). The molecule has 1 atom stereocenters. The first-order valence-corrected chi connectivity index (χ1v) is 6.91. The number of hydrogen-bond acceptors (Lipinski definition) is 2. The summed E-state index contributed by atoms with van der Waals surface area (Å²) < 4.78 is 0.984. The third-order valence-electron chi connectivity index (χ3n) is 2.67. The van der Waals surface area contributed by atoms with Crippen molar-refractivity contribution in [1.82, 2.24) is 4.98 Å². The van der Waals surface area contributed by atoms with Crippen molar-refractivity contribution in [3.8, 4) is 0 Å². The van der Waals surface area contributed by atoms with Gasteiger partial charge in [0.05, 0.1) is 0 Å². The van der Waals surface area contributed by atoms with Crippen molar-refractivity contribution in [2.24, 2.45) is 5.73 Å². The summed E-state index contributed by atoms with van der Waals surface area (Å²) in [5.41, 5.74) is 8.34. The van der Waals surface area contributed by atoms with Gasteiger partial charge in [0.2, 0.25) is 0 Å². The molecule has 0 bridgehead atoms. The van der Waals surface area contributed by atoms with Gasteiger partial charge in [0.25, 0.3) is 0 Å². The first-order chi connectivity index (χ1) is 8.63. The average molecular weight is 326 g/mol. The maximum Gasteiger partial charge on any atom is 0.0420 e. The normalized spacial score (nSPS) is 12.4. The summed E-state index contributed by atoms with van der Waals surface area (Å²) in [4.78, 5) is 4.33. The molecule has 1 aromatic heterocycles. The van der Waals surface area contributed by atoms with Gasteiger partial charge in [-0.3, -0.25) is 4.98 Å². The monoisotopic (exact) mass is 324 g/mol. The zero-order valence-electron chi connectivity index (χ0n) is 9.81. The third kappa shape index (κ3) is 4.09. The van der Waals surface area contributed by atoms with E-state index in [9.17, 15) is 0 Å². The van der Waals surface area contributed by atoms with Crippen LogP contribution in [0.25, 0.3) is 0 Å². The van der Waals surface area contributed by atoms with E-state index < -0.39 is 0 Å². The second-order valence-electron chi connectivity index (χ2n) is 4.26. The predicted molar refractivity (Wildman–Crippen MR) is 78.8 cm³/mol. The van der Waals surface area contributed by atoms with Crippen molar-refractivity contribution >= 4 is 27.5 Å². The highest BCUT2D eigenvalue weighted by atomic mass is 79.9. The Balaban J connectivity index is 1.94. The highest BCUT2D eigenvalue weighted by Gasteiger charge is 2.06. The zero-order chi connectivity index (χ0) is 13.0. The van der Waals surface area contributed by atoms with Gasteiger partial charge in [-0.25, -0.2) is 0 Å². The molecule has 0 amide bonds. The highest BCUT2D eigenvalue weighted by Crippen LogP contribution is 2.13. The third-order valence-corrected chi connectivity index (χ3v) is 3.39. The molecular weight excluding hydrogens is 312 g/mol. The molecule has 1 aromatic carbocycles. The summed E-state index contributed by atoms with van der Waals surface area (Å²) >= 11 is 9.21. The Labute approximate surface area is 120 Å². The summed E-state index contributed by atoms with van der Waals surface area (Å²) in [6, 6.07) is 11.8. The number of pyridine rings is 1. The van der Waals surface area contributed by atoms with Crippen molar-refractivity contribution in [1.29, 1.82) is 0 Å². The fraction of sp³-hybridized carbons (Fsp3) is 0.214. The summed E-state index contributed by atoms with van der Waals surface area (Å²) in [6.45, 7) is 0. The van der Waals surface area contributed by atoms with E-state index in [2.05, 4.69) is 20.9 Å². The topological polar surface area (TPSA) is 38.9 Å². The maximum absolute atomic E-state index is 6.13. The predicted octanol–water partition coefficient (Wildman–Crippen LogP) is 3.61. The van der Waals surface area contributed by atoms with Crippen LogP contribution < -0.4 is 5.73 Å². The molecule has 0 radical (unpaired) electrons. The minimum atomic E-state index is 0.0693. The molecule has 0 aliphatic heterocycles. The molecule has 4 heteroatoms. The molecule has 2 nitrogen and oxygen atoms in total. The molecule has 0 fully saturated rings. The van der Waals surface area contributed by atoms with Gasteiger partial charge >= 0.3 is 0 Å². The summed E-state index contributed by atoms with van der Waals surface area (Å²) in [5.74, 6) is 0. The lowest BCUT2D eigenvalue weighted by molar-refractivity contribution is 0.654. The molecule has 94 valence electrons. The van der Waals surface area contributed by atoms with E-state index in [4.69, 9.17) is 17.3 Å². The Bertz CT molecular complexity index is 449. The number of hydrogen-bond donors (Lipinski definition) is 1. The Morgan fingerprint density at radius 3 is 2.44 bits per heavy atom. The lowest BCUT2D eigenvalue weighted by Crippen LogP contribution is -2.25. The van der Waals surface area contributed by atoms with Crippen LogP contribution in [-0.2, 0) is 12.8 Å². The molecule has 18 heavy (non-hydrogen) atoms. The Hall–Kier alpha value is -0.900. The zero-order valence-corrected chi connectivity index (χ0v) is 12.2. The molecular formula is C14H14BrClN2. The van der Waals surface area contributed by atoms with Crippen LogP contribution in [0.4, 0.5) is 0 Å². The summed E-state index contributed by atoms with van der Waals surface area (Å²) in [7, 11) is 0. The van der Waals surface area contributed by atoms with Gasteiger partial charge in [0.1, 0.15) is 0 Å². The largest absolute Gasteiger partial charge is 0.327 e. The van der Waals surface area contributed by atoms with Crippen molar-refractivity contribution < 1.29 is 0 Å². The smallest absolute Gasteiger partial charge is 0.0420 e. The van der Waals surface area contributed by atoms with Crippen LogP contribution in [-0.4, -0.2) is 11.0 Å². The lowest BCUT2D eigenvalue weighted by atomic mass is 10.0. The van der Waals surface area contributed by atoms with E-state index in [1.54, 1.807) is 6.20 Å². The minimum Gasteiger partial charge on any atom is -0.327 e. The van der Waals surface area contributed by atoms with E-state index >= 15 is 0 Å². The molecule has 0 aliphatic rings. The number of aromatic nitrogens is 1. The minimum absolute atomic E-state index is 0.0693. The van der Waals surface area contributed by atoms with Crippen LogP contribution in [0.2, 0.25) is 5.02 Å². The Morgan fingerprint density at radius 1 is 1.11 bits per heavy atom. The van der Waals surface area contributed by atoms with Crippen molar-refractivity contribution in [3.63, 3.8) is 0 Å². The van der Waals surface area contributed by atoms with Gasteiger partial charge < -0.3 is 5.73 Å². The second kappa shape index (κ2) is 6.32. The fourth-order valence-corrected chi connectivity index (χ4v) is 2.15. The van der Waals surface area contributed by atoms with Crippen LogP contribution >= 0.6 is 27.5 Å². The number of nitrogens with two attached hydrogens (primary N) is 1. The molecule has 0 saturated carbocycles. The van der Waals surface area contributed by atoms with E-state index in [1.807, 2.05) is 36.4 Å². The molecule has 0 spiro atoms. The maximum atomic E-state index is 6.13. The standard InChI is InChI=1S/C14H14BrClN2/c15-11-3-6-14(18-9-11)8-13(17)7-10-1-4-12(16)5-2-10/h1-6,9,13H,7-8,17H2.